The summed E-state index contributed by atoms with van der Waals surface area (Å²) < 4.78 is 0. The maximum Gasteiger partial charge on any atom is 1.00 e. The van der Waals surface area contributed by atoms with Crippen molar-refractivity contribution >= 4 is 45.7 Å². The number of nitrogens with one attached hydrogen (secondary N) is 2. The first-order chi connectivity index (χ1) is 20.9. The molecule has 0 spiro atoms. The number of carbonyl (C=O) groups excluding carboxylic acids is 2. The van der Waals surface area contributed by atoms with Crippen LogP contribution in [0.15, 0.2) is 24.3 Å². The second-order valence-electron chi connectivity index (χ2n) is 11.2. The predicted octanol–water partition coefficient (Wildman–Crippen LogP) is -1.59. The van der Waals surface area contributed by atoms with Gasteiger partial charge in [-0.3, -0.25) is 9.59 Å². The van der Waals surface area contributed by atoms with Crippen LogP contribution in [0.2, 0.25) is 0 Å². The SMILES string of the molecule is CCCCCc1[nH]c2cc(C(=O)[O-])c(C)cc2c1CC(=O)O.CCCCCc1[nH]c2cc(C(=O)[O-])c(C)cc2c1CC(=O)O.[Na+].[Na+]. The van der Waals surface area contributed by atoms with E-state index in [0.29, 0.717) is 22.2 Å². The van der Waals surface area contributed by atoms with Gasteiger partial charge < -0.3 is 40.0 Å². The number of fused-ring (bicyclic) bond motifs is 2. The molecule has 0 aliphatic heterocycles. The summed E-state index contributed by atoms with van der Waals surface area (Å²) in [6.07, 6.45) is 7.68. The summed E-state index contributed by atoms with van der Waals surface area (Å²) in [5, 5.41) is 42.1. The van der Waals surface area contributed by atoms with Gasteiger partial charge in [-0.2, -0.15) is 0 Å². The van der Waals surface area contributed by atoms with E-state index >= 15 is 0 Å². The van der Waals surface area contributed by atoms with E-state index in [9.17, 15) is 29.4 Å². The fraction of sp³-hybridized carbons (Fsp3) is 0.412. The molecule has 4 N–H and O–H groups in total. The zero-order chi connectivity index (χ0) is 32.6. The number of H-pyrrole nitrogens is 2. The van der Waals surface area contributed by atoms with Crippen molar-refractivity contribution in [1.29, 1.82) is 0 Å². The molecule has 0 saturated heterocycles. The van der Waals surface area contributed by atoms with Crippen LogP contribution in [0, 0.1) is 13.8 Å². The van der Waals surface area contributed by atoms with E-state index in [1.807, 2.05) is 0 Å². The molecule has 2 heterocycles. The molecule has 2 aromatic carbocycles. The number of unbranched alkanes of at least 4 members (excludes halogenated alkanes) is 4. The Morgan fingerprint density at radius 1 is 0.630 bits per heavy atom. The van der Waals surface area contributed by atoms with E-state index in [1.54, 1.807) is 26.0 Å². The van der Waals surface area contributed by atoms with Crippen LogP contribution >= 0.6 is 0 Å². The van der Waals surface area contributed by atoms with Gasteiger partial charge in [0.1, 0.15) is 0 Å². The van der Waals surface area contributed by atoms with Crippen molar-refractivity contribution in [3.8, 4) is 0 Å². The quantitative estimate of drug-likeness (QED) is 0.0929. The Hall–Kier alpha value is -2.60. The number of aryl methyl sites for hydroxylation is 4. The monoisotopic (exact) mass is 650 g/mol. The fourth-order valence-corrected chi connectivity index (χ4v) is 5.60. The van der Waals surface area contributed by atoms with Gasteiger partial charge in [0.05, 0.1) is 24.8 Å². The third-order valence-electron chi connectivity index (χ3n) is 7.84. The van der Waals surface area contributed by atoms with E-state index in [0.717, 1.165) is 84.7 Å². The van der Waals surface area contributed by atoms with Crippen molar-refractivity contribution in [2.75, 3.05) is 0 Å². The van der Waals surface area contributed by atoms with Crippen LogP contribution in [0.5, 0.6) is 0 Å². The molecule has 236 valence electrons. The van der Waals surface area contributed by atoms with E-state index in [2.05, 4.69) is 23.8 Å². The molecule has 4 aromatic rings. The van der Waals surface area contributed by atoms with E-state index in [1.165, 1.54) is 12.1 Å². The number of aromatic amines is 2. The number of hydrogen-bond donors (Lipinski definition) is 4. The summed E-state index contributed by atoms with van der Waals surface area (Å²) in [7, 11) is 0. The van der Waals surface area contributed by atoms with Crippen molar-refractivity contribution < 1.29 is 98.7 Å². The molecule has 0 atom stereocenters. The summed E-state index contributed by atoms with van der Waals surface area (Å²) in [6.45, 7) is 7.61. The molecule has 0 bridgehead atoms. The predicted molar refractivity (Wildman–Crippen MR) is 164 cm³/mol. The standard InChI is InChI=1S/2C17H21NO4.2Na/c2*1-3-4-5-6-14-13(9-16(19)20)12-7-10(2)11(17(21)22)8-15(12)18-14;;/h2*7-8,18H,3-6,9H2,1-2H3,(H,19,20)(H,21,22);;/q;;2*+1/p-2. The maximum atomic E-state index is 11.1. The van der Waals surface area contributed by atoms with Crippen LogP contribution in [-0.4, -0.2) is 44.1 Å². The van der Waals surface area contributed by atoms with Gasteiger partial charge in [0.25, 0.3) is 0 Å². The number of benzene rings is 2. The van der Waals surface area contributed by atoms with Crippen LogP contribution in [-0.2, 0) is 35.3 Å². The average molecular weight is 651 g/mol. The van der Waals surface area contributed by atoms with E-state index in [4.69, 9.17) is 10.2 Å². The minimum absolute atomic E-state index is 0. The van der Waals surface area contributed by atoms with Gasteiger partial charge in [-0.15, -0.1) is 0 Å². The minimum Gasteiger partial charge on any atom is -0.545 e. The molecule has 12 heteroatoms. The summed E-state index contributed by atoms with van der Waals surface area (Å²) in [5.74, 6) is -4.22. The molecule has 0 saturated carbocycles. The number of aromatic nitrogens is 2. The zero-order valence-electron chi connectivity index (χ0n) is 27.7. The zero-order valence-corrected chi connectivity index (χ0v) is 31.7. The number of aromatic carboxylic acids is 2. The smallest absolute Gasteiger partial charge is 0.545 e. The van der Waals surface area contributed by atoms with E-state index in [-0.39, 0.29) is 83.1 Å². The van der Waals surface area contributed by atoms with Crippen LogP contribution in [0.25, 0.3) is 21.8 Å². The van der Waals surface area contributed by atoms with Crippen LogP contribution in [0.4, 0.5) is 0 Å². The summed E-state index contributed by atoms with van der Waals surface area (Å²) in [4.78, 5) is 50.9. The minimum atomic E-state index is -1.22. The molecule has 2 aromatic heterocycles. The van der Waals surface area contributed by atoms with Crippen molar-refractivity contribution in [2.24, 2.45) is 0 Å². The Morgan fingerprint density at radius 2 is 0.978 bits per heavy atom. The van der Waals surface area contributed by atoms with E-state index < -0.39 is 23.9 Å². The Balaban J connectivity index is 0.000000441. The van der Waals surface area contributed by atoms with Crippen molar-refractivity contribution in [3.63, 3.8) is 0 Å². The number of carboxylic acids is 4. The first-order valence-corrected chi connectivity index (χ1v) is 15.0. The first kappa shape index (κ1) is 41.4. The molecule has 46 heavy (non-hydrogen) atoms. The number of carbonyl (C=O) groups is 4. The topological polar surface area (TPSA) is 186 Å². The largest absolute Gasteiger partial charge is 1.00 e. The second-order valence-corrected chi connectivity index (χ2v) is 11.2. The van der Waals surface area contributed by atoms with Gasteiger partial charge in [0, 0.05) is 44.3 Å². The summed E-state index contributed by atoms with van der Waals surface area (Å²) >= 11 is 0. The van der Waals surface area contributed by atoms with Crippen LogP contribution < -0.4 is 69.3 Å². The Bertz CT molecular complexity index is 1570. The molecule has 0 unspecified atom stereocenters. The molecule has 0 amide bonds. The second kappa shape index (κ2) is 19.3. The third-order valence-corrected chi connectivity index (χ3v) is 7.84. The van der Waals surface area contributed by atoms with Crippen molar-refractivity contribution in [2.45, 2.75) is 91.9 Å². The Kier molecular flexibility index (Phi) is 17.4. The molecule has 10 nitrogen and oxygen atoms in total. The van der Waals surface area contributed by atoms with Gasteiger partial charge in [0.15, 0.2) is 0 Å². The summed E-state index contributed by atoms with van der Waals surface area (Å²) in [6, 6.07) is 6.54. The van der Waals surface area contributed by atoms with Crippen molar-refractivity contribution in [3.05, 3.63) is 69.0 Å². The normalized spacial score (nSPS) is 10.5. The Morgan fingerprint density at radius 3 is 1.26 bits per heavy atom. The first-order valence-electron chi connectivity index (χ1n) is 15.0. The fourth-order valence-electron chi connectivity index (χ4n) is 5.60. The number of aliphatic carboxylic acids is 2. The van der Waals surface area contributed by atoms with Gasteiger partial charge in [-0.05, 0) is 86.1 Å². The summed E-state index contributed by atoms with van der Waals surface area (Å²) in [5.41, 5.74) is 6.04. The molecule has 4 rings (SSSR count). The maximum absolute atomic E-state index is 11.1. The number of carboxylic acid groups (broad SMARTS) is 4. The molecular weight excluding hydrogens is 610 g/mol. The van der Waals surface area contributed by atoms with Crippen LogP contribution in [0.1, 0.15) is 107 Å². The molecule has 0 aliphatic rings. The Labute approximate surface area is 312 Å². The average Bonchev–Trinajstić information content (AvgIpc) is 3.44. The van der Waals surface area contributed by atoms with Gasteiger partial charge in [0.2, 0.25) is 0 Å². The molecular formula is C34H40N2Na2O8. The molecule has 0 fully saturated rings. The molecule has 0 radical (unpaired) electrons. The van der Waals surface area contributed by atoms with Crippen LogP contribution in [0.3, 0.4) is 0 Å². The van der Waals surface area contributed by atoms with Gasteiger partial charge >= 0.3 is 71.1 Å². The third kappa shape index (κ3) is 10.7. The van der Waals surface area contributed by atoms with Crippen molar-refractivity contribution in [1.82, 2.24) is 9.97 Å². The van der Waals surface area contributed by atoms with Gasteiger partial charge in [-0.25, -0.2) is 0 Å². The molecule has 0 aliphatic carbocycles. The van der Waals surface area contributed by atoms with Gasteiger partial charge in [-0.1, -0.05) is 39.5 Å². The number of rotatable bonds is 14. The number of hydrogen-bond acceptors (Lipinski definition) is 6.